The Morgan fingerprint density at radius 2 is 1.60 bits per heavy atom. The number of benzene rings is 3. The van der Waals surface area contributed by atoms with E-state index in [-0.39, 0.29) is 34.8 Å². The zero-order chi connectivity index (χ0) is 30.1. The van der Waals surface area contributed by atoms with Crippen molar-refractivity contribution in [2.45, 2.75) is 69.0 Å². The van der Waals surface area contributed by atoms with Gasteiger partial charge in [0.05, 0.1) is 17.7 Å². The lowest BCUT2D eigenvalue weighted by Crippen LogP contribution is -2.54. The van der Waals surface area contributed by atoms with Crippen LogP contribution >= 0.6 is 0 Å². The van der Waals surface area contributed by atoms with Gasteiger partial charge < -0.3 is 15.0 Å². The van der Waals surface area contributed by atoms with E-state index in [4.69, 9.17) is 4.74 Å². The SMILES string of the molecule is CC[C@H](C(=O)NC1CCCCC1)N(Cc1ccc(F)cc1)C(=O)CN(c1ccccc1OC)S(=O)(=O)c1ccccc1. The monoisotopic (exact) mass is 595 g/mol. The maximum Gasteiger partial charge on any atom is 0.264 e. The highest BCUT2D eigenvalue weighted by Crippen LogP contribution is 2.32. The van der Waals surface area contributed by atoms with Crippen LogP contribution in [0.25, 0.3) is 0 Å². The summed E-state index contributed by atoms with van der Waals surface area (Å²) in [5, 5.41) is 3.11. The molecule has 3 aromatic rings. The second-order valence-corrected chi connectivity index (χ2v) is 12.3. The Labute approximate surface area is 247 Å². The summed E-state index contributed by atoms with van der Waals surface area (Å²) in [6.07, 6.45) is 5.27. The minimum Gasteiger partial charge on any atom is -0.495 e. The number of methoxy groups -OCH3 is 1. The molecule has 42 heavy (non-hydrogen) atoms. The van der Waals surface area contributed by atoms with Gasteiger partial charge in [-0.1, -0.05) is 68.7 Å². The number of anilines is 1. The maximum atomic E-state index is 14.2. The van der Waals surface area contributed by atoms with Crippen molar-refractivity contribution in [1.82, 2.24) is 10.2 Å². The molecule has 1 fully saturated rings. The van der Waals surface area contributed by atoms with Crippen molar-refractivity contribution >= 4 is 27.5 Å². The second-order valence-electron chi connectivity index (χ2n) is 10.4. The highest BCUT2D eigenvalue weighted by molar-refractivity contribution is 7.92. The van der Waals surface area contributed by atoms with Crippen LogP contribution in [0.1, 0.15) is 51.0 Å². The van der Waals surface area contributed by atoms with Crippen molar-refractivity contribution in [3.8, 4) is 5.75 Å². The van der Waals surface area contributed by atoms with Crippen LogP contribution in [-0.4, -0.2) is 50.9 Å². The zero-order valence-electron chi connectivity index (χ0n) is 24.0. The van der Waals surface area contributed by atoms with E-state index in [1.54, 1.807) is 54.6 Å². The van der Waals surface area contributed by atoms with E-state index in [1.807, 2.05) is 6.92 Å². The van der Waals surface area contributed by atoms with E-state index in [9.17, 15) is 22.4 Å². The van der Waals surface area contributed by atoms with Crippen LogP contribution in [0, 0.1) is 5.82 Å². The molecule has 1 N–H and O–H groups in total. The van der Waals surface area contributed by atoms with E-state index in [2.05, 4.69) is 5.32 Å². The maximum absolute atomic E-state index is 14.2. The number of carbonyl (C=O) groups excluding carboxylic acids is 2. The van der Waals surface area contributed by atoms with Gasteiger partial charge in [0.2, 0.25) is 11.8 Å². The number of nitrogens with zero attached hydrogens (tertiary/aromatic N) is 2. The lowest BCUT2D eigenvalue weighted by atomic mass is 9.95. The van der Waals surface area contributed by atoms with Crippen LogP contribution in [0.3, 0.4) is 0 Å². The zero-order valence-corrected chi connectivity index (χ0v) is 24.9. The Bertz CT molecular complexity index is 1440. The molecule has 0 radical (unpaired) electrons. The van der Waals surface area contributed by atoms with Gasteiger partial charge in [0.25, 0.3) is 10.0 Å². The van der Waals surface area contributed by atoms with Gasteiger partial charge in [0.15, 0.2) is 0 Å². The molecule has 0 saturated heterocycles. The quantitative estimate of drug-likeness (QED) is 0.307. The second kappa shape index (κ2) is 14.3. The molecule has 4 rings (SSSR count). The average Bonchev–Trinajstić information content (AvgIpc) is 3.01. The van der Waals surface area contributed by atoms with Crippen molar-refractivity contribution in [3.63, 3.8) is 0 Å². The molecular formula is C32H38FN3O5S. The van der Waals surface area contributed by atoms with E-state index in [0.29, 0.717) is 12.0 Å². The molecule has 0 aliphatic heterocycles. The Balaban J connectivity index is 1.72. The van der Waals surface area contributed by atoms with Crippen molar-refractivity contribution in [2.75, 3.05) is 18.0 Å². The van der Waals surface area contributed by atoms with Crippen LogP contribution in [-0.2, 0) is 26.2 Å². The summed E-state index contributed by atoms with van der Waals surface area (Å²) in [4.78, 5) is 29.2. The van der Waals surface area contributed by atoms with Gasteiger partial charge >= 0.3 is 0 Å². The fraction of sp³-hybridized carbons (Fsp3) is 0.375. The molecule has 0 spiro atoms. The van der Waals surface area contributed by atoms with E-state index < -0.39 is 34.3 Å². The van der Waals surface area contributed by atoms with Crippen LogP contribution in [0.15, 0.2) is 83.8 Å². The third kappa shape index (κ3) is 7.47. The number of halogens is 1. The van der Waals surface area contributed by atoms with Crippen LogP contribution in [0.2, 0.25) is 0 Å². The Hall–Kier alpha value is -3.92. The number of ether oxygens (including phenoxy) is 1. The molecule has 0 bridgehead atoms. The lowest BCUT2D eigenvalue weighted by Gasteiger charge is -2.34. The standard InChI is InChI=1S/C32H38FN3O5S/c1-3-28(32(38)34-26-12-6-4-7-13-26)35(22-24-18-20-25(33)21-19-24)31(37)23-36(29-16-10-11-17-30(29)41-2)42(39,40)27-14-8-5-9-15-27/h5,8-11,14-21,26,28H,3-4,6-7,12-13,22-23H2,1-2H3,(H,34,38)/t28-/m1/s1. The van der Waals surface area contributed by atoms with Crippen molar-refractivity contribution < 1.29 is 27.1 Å². The minimum absolute atomic E-state index is 0.000849. The number of rotatable bonds is 12. The Morgan fingerprint density at radius 1 is 0.952 bits per heavy atom. The molecule has 1 aliphatic carbocycles. The van der Waals surface area contributed by atoms with Crippen molar-refractivity contribution in [3.05, 3.63) is 90.2 Å². The first-order valence-electron chi connectivity index (χ1n) is 14.3. The van der Waals surface area contributed by atoms with Crippen LogP contribution < -0.4 is 14.4 Å². The number of sulfonamides is 1. The number of amides is 2. The summed E-state index contributed by atoms with van der Waals surface area (Å²) in [6, 6.07) is 19.3. The highest BCUT2D eigenvalue weighted by Gasteiger charge is 2.35. The number of hydrogen-bond acceptors (Lipinski definition) is 5. The average molecular weight is 596 g/mol. The van der Waals surface area contributed by atoms with E-state index >= 15 is 0 Å². The summed E-state index contributed by atoms with van der Waals surface area (Å²) in [6.45, 7) is 1.24. The molecule has 0 aromatic heterocycles. The van der Waals surface area contributed by atoms with E-state index in [0.717, 1.165) is 36.4 Å². The predicted octanol–water partition coefficient (Wildman–Crippen LogP) is 5.29. The molecule has 10 heteroatoms. The fourth-order valence-electron chi connectivity index (χ4n) is 5.32. The van der Waals surface area contributed by atoms with Gasteiger partial charge in [-0.05, 0) is 61.2 Å². The largest absolute Gasteiger partial charge is 0.495 e. The molecule has 1 saturated carbocycles. The van der Waals surface area contributed by atoms with Gasteiger partial charge in [-0.3, -0.25) is 13.9 Å². The molecule has 0 unspecified atom stereocenters. The number of hydrogen-bond donors (Lipinski definition) is 1. The van der Waals surface area contributed by atoms with Gasteiger partial charge in [-0.2, -0.15) is 0 Å². The lowest BCUT2D eigenvalue weighted by molar-refractivity contribution is -0.140. The molecule has 2 amide bonds. The third-order valence-electron chi connectivity index (χ3n) is 7.57. The van der Waals surface area contributed by atoms with Crippen molar-refractivity contribution in [2.24, 2.45) is 0 Å². The van der Waals surface area contributed by atoms with Crippen LogP contribution in [0.5, 0.6) is 5.75 Å². The van der Waals surface area contributed by atoms with Crippen LogP contribution in [0.4, 0.5) is 10.1 Å². The normalized spacial score (nSPS) is 14.5. The van der Waals surface area contributed by atoms with Gasteiger partial charge in [-0.15, -0.1) is 0 Å². The smallest absolute Gasteiger partial charge is 0.264 e. The van der Waals surface area contributed by atoms with Gasteiger partial charge in [0.1, 0.15) is 24.2 Å². The van der Waals surface area contributed by atoms with Crippen molar-refractivity contribution in [1.29, 1.82) is 0 Å². The minimum atomic E-state index is -4.21. The molecular weight excluding hydrogens is 557 g/mol. The molecule has 1 atom stereocenters. The highest BCUT2D eigenvalue weighted by atomic mass is 32.2. The first kappa shape index (κ1) is 31.0. The first-order valence-corrected chi connectivity index (χ1v) is 15.7. The molecule has 0 heterocycles. The number of carbonyl (C=O) groups is 2. The first-order chi connectivity index (χ1) is 20.2. The van der Waals surface area contributed by atoms with E-state index in [1.165, 1.54) is 36.3 Å². The summed E-state index contributed by atoms with van der Waals surface area (Å²) < 4.78 is 48.1. The van der Waals surface area contributed by atoms with Gasteiger partial charge in [0, 0.05) is 12.6 Å². The number of nitrogens with one attached hydrogen (secondary N) is 1. The molecule has 1 aliphatic rings. The Morgan fingerprint density at radius 3 is 2.24 bits per heavy atom. The fourth-order valence-corrected chi connectivity index (χ4v) is 6.76. The number of para-hydroxylation sites is 2. The summed E-state index contributed by atoms with van der Waals surface area (Å²) in [5.74, 6) is -1.00. The summed E-state index contributed by atoms with van der Waals surface area (Å²) in [7, 11) is -2.79. The Kier molecular flexibility index (Phi) is 10.6. The predicted molar refractivity (Wildman–Crippen MR) is 160 cm³/mol. The summed E-state index contributed by atoms with van der Waals surface area (Å²) in [5.41, 5.74) is 0.807. The topological polar surface area (TPSA) is 96.0 Å². The third-order valence-corrected chi connectivity index (χ3v) is 9.34. The summed E-state index contributed by atoms with van der Waals surface area (Å²) >= 11 is 0. The van der Waals surface area contributed by atoms with Gasteiger partial charge in [-0.25, -0.2) is 12.8 Å². The molecule has 224 valence electrons. The molecule has 8 nitrogen and oxygen atoms in total. The molecule has 3 aromatic carbocycles.